The fourth-order valence-electron chi connectivity index (χ4n) is 1.68. The maximum Gasteiger partial charge on any atom is 0.257 e. The Labute approximate surface area is 105 Å². The van der Waals surface area contributed by atoms with Gasteiger partial charge in [-0.15, -0.1) is 11.6 Å². The molecule has 17 heavy (non-hydrogen) atoms. The van der Waals surface area contributed by atoms with Gasteiger partial charge in [-0.25, -0.2) is 0 Å². The Morgan fingerprint density at radius 3 is 2.94 bits per heavy atom. The molecule has 1 aliphatic rings. The van der Waals surface area contributed by atoms with Gasteiger partial charge in [0.2, 0.25) is 0 Å². The summed E-state index contributed by atoms with van der Waals surface area (Å²) in [5.74, 6) is 1.47. The number of carbonyl (C=O) groups excluding carboxylic acids is 1. The van der Waals surface area contributed by atoms with Gasteiger partial charge in [0.05, 0.1) is 5.56 Å². The zero-order valence-electron chi connectivity index (χ0n) is 9.61. The van der Waals surface area contributed by atoms with Crippen molar-refractivity contribution in [3.05, 3.63) is 23.8 Å². The van der Waals surface area contributed by atoms with Gasteiger partial charge in [0, 0.05) is 19.5 Å². The van der Waals surface area contributed by atoms with E-state index in [1.807, 2.05) is 0 Å². The van der Waals surface area contributed by atoms with E-state index in [1.54, 1.807) is 30.1 Å². The highest BCUT2D eigenvalue weighted by atomic mass is 35.5. The van der Waals surface area contributed by atoms with Crippen LogP contribution in [-0.4, -0.2) is 43.5 Å². The second kappa shape index (κ2) is 5.27. The summed E-state index contributed by atoms with van der Waals surface area (Å²) < 4.78 is 10.9. The zero-order valence-corrected chi connectivity index (χ0v) is 10.4. The van der Waals surface area contributed by atoms with Crippen molar-refractivity contribution in [3.8, 4) is 11.5 Å². The van der Waals surface area contributed by atoms with Crippen molar-refractivity contribution in [2.75, 3.05) is 32.7 Å². The third-order valence-electron chi connectivity index (χ3n) is 2.56. The summed E-state index contributed by atoms with van der Waals surface area (Å²) in [6, 6.07) is 5.32. The smallest absolute Gasteiger partial charge is 0.257 e. The standard InChI is InChI=1S/C12H14ClNO3/c1-14(6-5-13)12(15)9-3-2-4-10-11(9)17-8-7-16-10/h2-4H,5-8H2,1H3. The number of alkyl halides is 1. The summed E-state index contributed by atoms with van der Waals surface area (Å²) >= 11 is 5.62. The predicted octanol–water partition coefficient (Wildman–Crippen LogP) is 1.77. The fourth-order valence-corrected chi connectivity index (χ4v) is 1.93. The molecule has 0 aromatic heterocycles. The summed E-state index contributed by atoms with van der Waals surface area (Å²) in [7, 11) is 1.72. The van der Waals surface area contributed by atoms with Gasteiger partial charge in [-0.1, -0.05) is 6.07 Å². The molecule has 1 amide bonds. The minimum absolute atomic E-state index is 0.104. The zero-order chi connectivity index (χ0) is 12.3. The average Bonchev–Trinajstić information content (AvgIpc) is 2.37. The lowest BCUT2D eigenvalue weighted by Crippen LogP contribution is -2.29. The van der Waals surface area contributed by atoms with Crippen molar-refractivity contribution < 1.29 is 14.3 Å². The highest BCUT2D eigenvalue weighted by molar-refractivity contribution is 6.18. The van der Waals surface area contributed by atoms with Crippen LogP contribution in [0.5, 0.6) is 11.5 Å². The minimum Gasteiger partial charge on any atom is -0.486 e. The van der Waals surface area contributed by atoms with Crippen molar-refractivity contribution in [1.29, 1.82) is 0 Å². The first-order chi connectivity index (χ1) is 8.24. The Kier molecular flexibility index (Phi) is 3.74. The van der Waals surface area contributed by atoms with Crippen molar-refractivity contribution >= 4 is 17.5 Å². The molecule has 0 saturated heterocycles. The van der Waals surface area contributed by atoms with Crippen molar-refractivity contribution in [2.24, 2.45) is 0 Å². The van der Waals surface area contributed by atoms with Crippen LogP contribution in [0.15, 0.2) is 18.2 Å². The molecule has 0 saturated carbocycles. The predicted molar refractivity (Wildman–Crippen MR) is 65.1 cm³/mol. The van der Waals surface area contributed by atoms with Crippen molar-refractivity contribution in [3.63, 3.8) is 0 Å². The van der Waals surface area contributed by atoms with Gasteiger partial charge in [-0.05, 0) is 12.1 Å². The topological polar surface area (TPSA) is 38.8 Å². The minimum atomic E-state index is -0.104. The van der Waals surface area contributed by atoms with E-state index < -0.39 is 0 Å². The second-order valence-electron chi connectivity index (χ2n) is 3.75. The molecule has 0 atom stereocenters. The molecule has 2 rings (SSSR count). The molecule has 92 valence electrons. The van der Waals surface area contributed by atoms with Crippen LogP contribution < -0.4 is 9.47 Å². The largest absolute Gasteiger partial charge is 0.486 e. The third kappa shape index (κ3) is 2.47. The average molecular weight is 256 g/mol. The normalized spacial score (nSPS) is 13.3. The lowest BCUT2D eigenvalue weighted by atomic mass is 10.1. The molecule has 0 unspecified atom stereocenters. The number of hydrogen-bond acceptors (Lipinski definition) is 3. The number of amides is 1. The van der Waals surface area contributed by atoms with Crippen molar-refractivity contribution in [2.45, 2.75) is 0 Å². The molecule has 0 fully saturated rings. The van der Waals surface area contributed by atoms with Gasteiger partial charge < -0.3 is 14.4 Å². The first kappa shape index (κ1) is 12.0. The summed E-state index contributed by atoms with van der Waals surface area (Å²) in [4.78, 5) is 13.7. The van der Waals surface area contributed by atoms with Crippen LogP contribution in [0.1, 0.15) is 10.4 Å². The highest BCUT2D eigenvalue weighted by Gasteiger charge is 2.22. The Morgan fingerprint density at radius 1 is 1.41 bits per heavy atom. The van der Waals surface area contributed by atoms with Crippen LogP contribution in [0.3, 0.4) is 0 Å². The van der Waals surface area contributed by atoms with Gasteiger partial charge in [0.15, 0.2) is 11.5 Å². The van der Waals surface area contributed by atoms with Crippen LogP contribution in [0.25, 0.3) is 0 Å². The first-order valence-electron chi connectivity index (χ1n) is 5.44. The molecule has 0 N–H and O–H groups in total. The van der Waals surface area contributed by atoms with E-state index in [0.29, 0.717) is 42.7 Å². The monoisotopic (exact) mass is 255 g/mol. The van der Waals surface area contributed by atoms with E-state index in [9.17, 15) is 4.79 Å². The molecule has 4 nitrogen and oxygen atoms in total. The lowest BCUT2D eigenvalue weighted by molar-refractivity contribution is 0.0792. The molecular formula is C12H14ClNO3. The van der Waals surface area contributed by atoms with Gasteiger partial charge >= 0.3 is 0 Å². The van der Waals surface area contributed by atoms with E-state index in [1.165, 1.54) is 0 Å². The molecular weight excluding hydrogens is 242 g/mol. The maximum atomic E-state index is 12.1. The highest BCUT2D eigenvalue weighted by Crippen LogP contribution is 2.34. The second-order valence-corrected chi connectivity index (χ2v) is 4.12. The number of nitrogens with zero attached hydrogens (tertiary/aromatic N) is 1. The number of para-hydroxylation sites is 1. The van der Waals surface area contributed by atoms with E-state index in [2.05, 4.69) is 0 Å². The van der Waals surface area contributed by atoms with E-state index >= 15 is 0 Å². The Morgan fingerprint density at radius 2 is 2.18 bits per heavy atom. The van der Waals surface area contributed by atoms with E-state index in [-0.39, 0.29) is 5.91 Å². The van der Waals surface area contributed by atoms with Crippen LogP contribution in [0, 0.1) is 0 Å². The number of carbonyl (C=O) groups is 1. The van der Waals surface area contributed by atoms with Crippen LogP contribution in [0.4, 0.5) is 0 Å². The SMILES string of the molecule is CN(CCCl)C(=O)c1cccc2c1OCCO2. The molecule has 1 aromatic rings. The molecule has 1 aliphatic heterocycles. The Hall–Kier alpha value is -1.42. The summed E-state index contributed by atoms with van der Waals surface area (Å²) in [5.41, 5.74) is 0.523. The summed E-state index contributed by atoms with van der Waals surface area (Å²) in [6.45, 7) is 1.49. The van der Waals surface area contributed by atoms with E-state index in [0.717, 1.165) is 0 Å². The lowest BCUT2D eigenvalue weighted by Gasteiger charge is -2.22. The number of ether oxygens (including phenoxy) is 2. The van der Waals surface area contributed by atoms with Gasteiger partial charge in [-0.2, -0.15) is 0 Å². The summed E-state index contributed by atoms with van der Waals surface area (Å²) in [6.07, 6.45) is 0. The molecule has 0 aliphatic carbocycles. The number of rotatable bonds is 3. The van der Waals surface area contributed by atoms with Crippen molar-refractivity contribution in [1.82, 2.24) is 4.90 Å². The Balaban J connectivity index is 2.29. The van der Waals surface area contributed by atoms with Crippen LogP contribution in [-0.2, 0) is 0 Å². The van der Waals surface area contributed by atoms with Gasteiger partial charge in [-0.3, -0.25) is 4.79 Å². The van der Waals surface area contributed by atoms with Crippen LogP contribution in [0.2, 0.25) is 0 Å². The molecule has 1 heterocycles. The van der Waals surface area contributed by atoms with Gasteiger partial charge in [0.1, 0.15) is 13.2 Å². The molecule has 5 heteroatoms. The molecule has 0 radical (unpaired) electrons. The Bertz CT molecular complexity index is 422. The number of benzene rings is 1. The van der Waals surface area contributed by atoms with Crippen LogP contribution >= 0.6 is 11.6 Å². The fraction of sp³-hybridized carbons (Fsp3) is 0.417. The van der Waals surface area contributed by atoms with E-state index in [4.69, 9.17) is 21.1 Å². The maximum absolute atomic E-state index is 12.1. The number of halogens is 1. The molecule has 1 aromatic carbocycles. The first-order valence-corrected chi connectivity index (χ1v) is 5.97. The summed E-state index contributed by atoms with van der Waals surface area (Å²) in [5, 5.41) is 0. The quantitative estimate of drug-likeness (QED) is 0.773. The molecule has 0 spiro atoms. The third-order valence-corrected chi connectivity index (χ3v) is 2.73. The number of fused-ring (bicyclic) bond motifs is 1. The van der Waals surface area contributed by atoms with Gasteiger partial charge in [0.25, 0.3) is 5.91 Å². The number of hydrogen-bond donors (Lipinski definition) is 0. The molecule has 0 bridgehead atoms.